The van der Waals surface area contributed by atoms with Gasteiger partial charge in [0.05, 0.1) is 6.20 Å². The van der Waals surface area contributed by atoms with Gasteiger partial charge in [0.1, 0.15) is 4.88 Å². The van der Waals surface area contributed by atoms with Gasteiger partial charge in [0.15, 0.2) is 3.92 Å². The van der Waals surface area contributed by atoms with E-state index in [1.54, 1.807) is 6.20 Å². The number of halogens is 1. The average Bonchev–Trinajstić information content (AvgIpc) is 2.70. The van der Waals surface area contributed by atoms with E-state index < -0.39 is 0 Å². The van der Waals surface area contributed by atoms with Crippen molar-refractivity contribution in [3.05, 3.63) is 15.0 Å². The van der Waals surface area contributed by atoms with Gasteiger partial charge in [-0.05, 0) is 22.4 Å². The number of hydrogen-bond acceptors (Lipinski definition) is 3. The van der Waals surface area contributed by atoms with E-state index in [4.69, 9.17) is 0 Å². The quantitative estimate of drug-likeness (QED) is 0.782. The molecule has 1 amide bonds. The number of nitrogens with zero attached hydrogens (tertiary/aromatic N) is 1. The summed E-state index contributed by atoms with van der Waals surface area (Å²) in [5, 5.41) is 2.90. The van der Waals surface area contributed by atoms with E-state index in [1.807, 2.05) is 0 Å². The Hall–Kier alpha value is -0.420. The topological polar surface area (TPSA) is 42.0 Å². The van der Waals surface area contributed by atoms with Crippen molar-refractivity contribution in [3.8, 4) is 0 Å². The molecule has 0 aliphatic carbocycles. The molecule has 0 radical (unpaired) electrons. The van der Waals surface area contributed by atoms with Crippen molar-refractivity contribution in [2.45, 2.75) is 39.0 Å². The van der Waals surface area contributed by atoms with Gasteiger partial charge in [-0.1, -0.05) is 32.6 Å². The van der Waals surface area contributed by atoms with E-state index in [1.165, 1.54) is 37.0 Å². The molecular weight excluding hydrogens is 288 g/mol. The number of rotatable bonds is 7. The Kier molecular flexibility index (Phi) is 6.64. The highest BCUT2D eigenvalue weighted by Gasteiger charge is 2.07. The molecule has 0 spiro atoms. The van der Waals surface area contributed by atoms with E-state index in [0.29, 0.717) is 4.88 Å². The molecule has 0 unspecified atom stereocenters. The van der Waals surface area contributed by atoms with Crippen molar-refractivity contribution in [2.24, 2.45) is 0 Å². The van der Waals surface area contributed by atoms with Crippen molar-refractivity contribution in [1.82, 2.24) is 10.3 Å². The van der Waals surface area contributed by atoms with Crippen LogP contribution in [0.3, 0.4) is 0 Å². The third-order valence-corrected chi connectivity index (χ3v) is 3.74. The maximum Gasteiger partial charge on any atom is 0.263 e. The molecule has 1 aromatic rings. The number of unbranched alkanes of at least 4 members (excludes halogenated alkanes) is 4. The zero-order valence-electron chi connectivity index (χ0n) is 9.46. The van der Waals surface area contributed by atoms with E-state index in [0.717, 1.165) is 16.9 Å². The van der Waals surface area contributed by atoms with Crippen LogP contribution in [-0.4, -0.2) is 17.4 Å². The fraction of sp³-hybridized carbons (Fsp3) is 0.636. The Morgan fingerprint density at radius 1 is 1.44 bits per heavy atom. The molecule has 0 aliphatic heterocycles. The first kappa shape index (κ1) is 13.6. The minimum Gasteiger partial charge on any atom is -0.351 e. The van der Waals surface area contributed by atoms with Crippen molar-refractivity contribution >= 4 is 33.2 Å². The van der Waals surface area contributed by atoms with Crippen LogP contribution < -0.4 is 5.32 Å². The van der Waals surface area contributed by atoms with Crippen LogP contribution in [0.4, 0.5) is 0 Å². The van der Waals surface area contributed by atoms with Crippen LogP contribution in [0.2, 0.25) is 0 Å². The Bertz CT molecular complexity index is 328. The van der Waals surface area contributed by atoms with E-state index in [9.17, 15) is 4.79 Å². The van der Waals surface area contributed by atoms with Crippen molar-refractivity contribution in [1.29, 1.82) is 0 Å². The fourth-order valence-electron chi connectivity index (χ4n) is 1.38. The molecule has 1 N–H and O–H groups in total. The van der Waals surface area contributed by atoms with Crippen molar-refractivity contribution < 1.29 is 4.79 Å². The second-order valence-corrected chi connectivity index (χ2v) is 5.95. The zero-order valence-corrected chi connectivity index (χ0v) is 11.9. The minimum atomic E-state index is -0.0151. The Morgan fingerprint density at radius 2 is 2.19 bits per heavy atom. The Labute approximate surface area is 109 Å². The Morgan fingerprint density at radius 3 is 2.81 bits per heavy atom. The van der Waals surface area contributed by atoms with Gasteiger partial charge in [0.2, 0.25) is 0 Å². The maximum atomic E-state index is 11.6. The molecule has 16 heavy (non-hydrogen) atoms. The van der Waals surface area contributed by atoms with Crippen LogP contribution in [0.1, 0.15) is 48.7 Å². The first-order chi connectivity index (χ1) is 7.74. The van der Waals surface area contributed by atoms with Gasteiger partial charge < -0.3 is 5.32 Å². The molecule has 1 heterocycles. The lowest BCUT2D eigenvalue weighted by Gasteiger charge is -2.02. The summed E-state index contributed by atoms with van der Waals surface area (Å²) < 4.78 is 0.751. The molecule has 0 bridgehead atoms. The molecule has 0 saturated carbocycles. The molecule has 3 nitrogen and oxygen atoms in total. The summed E-state index contributed by atoms with van der Waals surface area (Å²) in [6.07, 6.45) is 7.66. The summed E-state index contributed by atoms with van der Waals surface area (Å²) in [5.74, 6) is -0.0151. The van der Waals surface area contributed by atoms with Crippen LogP contribution >= 0.6 is 27.3 Å². The van der Waals surface area contributed by atoms with Crippen LogP contribution in [0.5, 0.6) is 0 Å². The van der Waals surface area contributed by atoms with Gasteiger partial charge in [-0.15, -0.1) is 11.3 Å². The molecule has 1 rings (SSSR count). The van der Waals surface area contributed by atoms with Crippen LogP contribution in [0.25, 0.3) is 0 Å². The van der Waals surface area contributed by atoms with E-state index in [-0.39, 0.29) is 5.91 Å². The molecule has 0 saturated heterocycles. The third kappa shape index (κ3) is 5.07. The highest BCUT2D eigenvalue weighted by molar-refractivity contribution is 9.11. The molecular formula is C11H17BrN2OS. The van der Waals surface area contributed by atoms with Gasteiger partial charge in [0, 0.05) is 6.54 Å². The van der Waals surface area contributed by atoms with Crippen LogP contribution in [-0.2, 0) is 0 Å². The number of carbonyl (C=O) groups excluding carboxylic acids is 1. The lowest BCUT2D eigenvalue weighted by atomic mass is 10.1. The van der Waals surface area contributed by atoms with Gasteiger partial charge in [-0.2, -0.15) is 0 Å². The Balaban J connectivity index is 2.11. The predicted molar refractivity (Wildman–Crippen MR) is 70.9 cm³/mol. The fourth-order valence-corrected chi connectivity index (χ4v) is 2.56. The van der Waals surface area contributed by atoms with Crippen LogP contribution in [0.15, 0.2) is 10.1 Å². The second-order valence-electron chi connectivity index (χ2n) is 3.65. The average molecular weight is 305 g/mol. The first-order valence-corrected chi connectivity index (χ1v) is 7.24. The molecule has 5 heteroatoms. The monoisotopic (exact) mass is 304 g/mol. The summed E-state index contributed by atoms with van der Waals surface area (Å²) >= 11 is 4.60. The summed E-state index contributed by atoms with van der Waals surface area (Å²) in [6.45, 7) is 2.96. The van der Waals surface area contributed by atoms with Gasteiger partial charge in [-0.3, -0.25) is 4.79 Å². The molecule has 0 fully saturated rings. The number of hydrogen-bond donors (Lipinski definition) is 1. The summed E-state index contributed by atoms with van der Waals surface area (Å²) in [4.78, 5) is 16.2. The zero-order chi connectivity index (χ0) is 11.8. The minimum absolute atomic E-state index is 0.0151. The molecule has 0 aliphatic rings. The largest absolute Gasteiger partial charge is 0.351 e. The predicted octanol–water partition coefficient (Wildman–Crippen LogP) is 3.61. The highest BCUT2D eigenvalue weighted by Crippen LogP contribution is 2.18. The summed E-state index contributed by atoms with van der Waals surface area (Å²) in [6, 6.07) is 0. The summed E-state index contributed by atoms with van der Waals surface area (Å²) in [7, 11) is 0. The number of aromatic nitrogens is 1. The van der Waals surface area contributed by atoms with Crippen molar-refractivity contribution in [3.63, 3.8) is 0 Å². The summed E-state index contributed by atoms with van der Waals surface area (Å²) in [5.41, 5.74) is 0. The standard InChI is InChI=1S/C11H17BrN2OS/c1-2-3-4-5-6-7-13-10(15)9-8-14-11(12)16-9/h8H,2-7H2,1H3,(H,13,15). The number of nitrogens with one attached hydrogen (secondary N) is 1. The van der Waals surface area contributed by atoms with Crippen LogP contribution in [0, 0.1) is 0 Å². The number of carbonyl (C=O) groups is 1. The maximum absolute atomic E-state index is 11.6. The first-order valence-electron chi connectivity index (χ1n) is 5.63. The van der Waals surface area contributed by atoms with Gasteiger partial charge in [0.25, 0.3) is 5.91 Å². The third-order valence-electron chi connectivity index (χ3n) is 2.27. The molecule has 90 valence electrons. The molecule has 1 aromatic heterocycles. The highest BCUT2D eigenvalue weighted by atomic mass is 79.9. The molecule has 0 atom stereocenters. The van der Waals surface area contributed by atoms with Gasteiger partial charge in [-0.25, -0.2) is 4.98 Å². The lowest BCUT2D eigenvalue weighted by Crippen LogP contribution is -2.23. The van der Waals surface area contributed by atoms with E-state index in [2.05, 4.69) is 33.2 Å². The van der Waals surface area contributed by atoms with Gasteiger partial charge >= 0.3 is 0 Å². The molecule has 0 aromatic carbocycles. The SMILES string of the molecule is CCCCCCCNC(=O)c1cnc(Br)s1. The lowest BCUT2D eigenvalue weighted by molar-refractivity contribution is 0.0957. The second kappa shape index (κ2) is 7.79. The van der Waals surface area contributed by atoms with Crippen molar-refractivity contribution in [2.75, 3.05) is 6.54 Å². The number of thiazole rings is 1. The smallest absolute Gasteiger partial charge is 0.263 e. The van der Waals surface area contributed by atoms with E-state index >= 15 is 0 Å². The number of amides is 1. The normalized spacial score (nSPS) is 10.4.